The van der Waals surface area contributed by atoms with E-state index >= 15 is 0 Å². The van der Waals surface area contributed by atoms with Crippen LogP contribution in [0, 0.1) is 17.0 Å². The Balaban J connectivity index is 2.07. The second kappa shape index (κ2) is 7.51. The maximum atomic E-state index is 12.2. The van der Waals surface area contributed by atoms with Crippen molar-refractivity contribution in [3.8, 4) is 5.75 Å². The first-order valence-electron chi connectivity index (χ1n) is 6.95. The van der Waals surface area contributed by atoms with Gasteiger partial charge in [-0.15, -0.1) is 0 Å². The highest BCUT2D eigenvalue weighted by Gasteiger charge is 2.18. The van der Waals surface area contributed by atoms with Crippen LogP contribution in [0.4, 0.5) is 11.4 Å². The van der Waals surface area contributed by atoms with Crippen LogP contribution in [0.1, 0.15) is 12.5 Å². The van der Waals surface area contributed by atoms with Gasteiger partial charge in [-0.2, -0.15) is 0 Å². The smallest absolute Gasteiger partial charge is 0.269 e. The number of nitro groups is 1. The van der Waals surface area contributed by atoms with Gasteiger partial charge in [0.25, 0.3) is 11.6 Å². The van der Waals surface area contributed by atoms with E-state index in [1.54, 1.807) is 26.0 Å². The number of aryl methyl sites for hydroxylation is 1. The summed E-state index contributed by atoms with van der Waals surface area (Å²) in [5.74, 6) is -0.0675. The number of halogens is 2. The van der Waals surface area contributed by atoms with E-state index in [2.05, 4.69) is 5.32 Å². The predicted molar refractivity (Wildman–Crippen MR) is 93.0 cm³/mol. The Kier molecular flexibility index (Phi) is 5.64. The molecule has 1 atom stereocenters. The molecule has 1 amide bonds. The highest BCUT2D eigenvalue weighted by molar-refractivity contribution is 6.35. The molecule has 0 saturated heterocycles. The third kappa shape index (κ3) is 4.37. The number of rotatable bonds is 5. The maximum absolute atomic E-state index is 12.2. The van der Waals surface area contributed by atoms with E-state index in [0.29, 0.717) is 27.0 Å². The van der Waals surface area contributed by atoms with E-state index in [9.17, 15) is 14.9 Å². The van der Waals surface area contributed by atoms with Crippen molar-refractivity contribution in [3.05, 3.63) is 62.1 Å². The summed E-state index contributed by atoms with van der Waals surface area (Å²) >= 11 is 11.8. The van der Waals surface area contributed by atoms with Crippen molar-refractivity contribution in [1.82, 2.24) is 0 Å². The van der Waals surface area contributed by atoms with Gasteiger partial charge in [0.2, 0.25) is 0 Å². The second-order valence-corrected chi connectivity index (χ2v) is 5.92. The molecule has 126 valence electrons. The fourth-order valence-corrected chi connectivity index (χ4v) is 2.40. The Labute approximate surface area is 148 Å². The lowest BCUT2D eigenvalue weighted by atomic mass is 10.1. The normalized spacial score (nSPS) is 11.7. The van der Waals surface area contributed by atoms with Gasteiger partial charge in [0.15, 0.2) is 6.10 Å². The molecule has 0 radical (unpaired) electrons. The van der Waals surface area contributed by atoms with Gasteiger partial charge in [-0.3, -0.25) is 14.9 Å². The fraction of sp³-hybridized carbons (Fsp3) is 0.188. The third-order valence-corrected chi connectivity index (χ3v) is 3.78. The molecule has 0 fully saturated rings. The number of non-ortho nitro benzene ring substituents is 1. The number of amides is 1. The van der Waals surface area contributed by atoms with Crippen LogP contribution in [-0.4, -0.2) is 16.9 Å². The van der Waals surface area contributed by atoms with Crippen molar-refractivity contribution in [1.29, 1.82) is 0 Å². The molecule has 0 saturated carbocycles. The lowest BCUT2D eigenvalue weighted by Gasteiger charge is -2.16. The summed E-state index contributed by atoms with van der Waals surface area (Å²) < 4.78 is 5.53. The monoisotopic (exact) mass is 368 g/mol. The molecule has 0 aromatic heterocycles. The second-order valence-electron chi connectivity index (χ2n) is 5.08. The average Bonchev–Trinajstić information content (AvgIpc) is 2.51. The summed E-state index contributed by atoms with van der Waals surface area (Å²) in [6.07, 6.45) is -0.821. The Morgan fingerprint density at radius 2 is 1.96 bits per heavy atom. The van der Waals surface area contributed by atoms with Crippen LogP contribution in [0.5, 0.6) is 5.75 Å². The lowest BCUT2D eigenvalue weighted by Crippen LogP contribution is -2.30. The largest absolute Gasteiger partial charge is 0.479 e. The van der Waals surface area contributed by atoms with E-state index in [1.165, 1.54) is 24.3 Å². The zero-order valence-electron chi connectivity index (χ0n) is 12.9. The van der Waals surface area contributed by atoms with Gasteiger partial charge >= 0.3 is 0 Å². The summed E-state index contributed by atoms with van der Waals surface area (Å²) in [5.41, 5.74) is 1.01. The average molecular weight is 369 g/mol. The van der Waals surface area contributed by atoms with Gasteiger partial charge in [0.05, 0.1) is 9.95 Å². The standard InChI is InChI=1S/C16H14Cl2N2O4/c1-9-7-12(20(22)23)4-5-14(9)19-16(21)10(2)24-15-6-3-11(17)8-13(15)18/h3-8,10H,1-2H3,(H,19,21). The molecule has 8 heteroatoms. The molecule has 2 aromatic carbocycles. The summed E-state index contributed by atoms with van der Waals surface area (Å²) in [6, 6.07) is 8.89. The van der Waals surface area contributed by atoms with Gasteiger partial charge in [-0.1, -0.05) is 23.2 Å². The quantitative estimate of drug-likeness (QED) is 0.616. The molecular formula is C16H14Cl2N2O4. The number of hydrogen-bond acceptors (Lipinski definition) is 4. The highest BCUT2D eigenvalue weighted by Crippen LogP contribution is 2.28. The number of carbonyl (C=O) groups excluding carboxylic acids is 1. The predicted octanol–water partition coefficient (Wildman–Crippen LogP) is 4.62. The Hall–Kier alpha value is -2.31. The van der Waals surface area contributed by atoms with E-state index in [1.807, 2.05) is 0 Å². The van der Waals surface area contributed by atoms with E-state index < -0.39 is 16.9 Å². The Morgan fingerprint density at radius 1 is 1.25 bits per heavy atom. The number of benzene rings is 2. The molecular weight excluding hydrogens is 355 g/mol. The SMILES string of the molecule is Cc1cc([N+](=O)[O-])ccc1NC(=O)C(C)Oc1ccc(Cl)cc1Cl. The zero-order chi connectivity index (χ0) is 17.9. The molecule has 2 rings (SSSR count). The van der Waals surface area contributed by atoms with Crippen LogP contribution >= 0.6 is 23.2 Å². The van der Waals surface area contributed by atoms with Crippen molar-refractivity contribution in [2.75, 3.05) is 5.32 Å². The van der Waals surface area contributed by atoms with Gasteiger partial charge in [0.1, 0.15) is 5.75 Å². The zero-order valence-corrected chi connectivity index (χ0v) is 14.4. The summed E-state index contributed by atoms with van der Waals surface area (Å²) in [4.78, 5) is 22.5. The van der Waals surface area contributed by atoms with Crippen LogP contribution < -0.4 is 10.1 Å². The van der Waals surface area contributed by atoms with Gasteiger partial charge in [0, 0.05) is 22.8 Å². The molecule has 0 aliphatic carbocycles. The number of nitrogens with zero attached hydrogens (tertiary/aromatic N) is 1. The number of nitro benzene ring substituents is 1. The molecule has 0 bridgehead atoms. The number of ether oxygens (including phenoxy) is 1. The van der Waals surface area contributed by atoms with Crippen molar-refractivity contribution < 1.29 is 14.5 Å². The van der Waals surface area contributed by atoms with Crippen LogP contribution in [0.2, 0.25) is 10.0 Å². The Morgan fingerprint density at radius 3 is 2.54 bits per heavy atom. The maximum Gasteiger partial charge on any atom is 0.269 e. The van der Waals surface area contributed by atoms with Crippen LogP contribution in [0.25, 0.3) is 0 Å². The first-order chi connectivity index (χ1) is 11.3. The minimum absolute atomic E-state index is 0.0391. The molecule has 0 spiro atoms. The van der Waals surface area contributed by atoms with Crippen molar-refractivity contribution in [3.63, 3.8) is 0 Å². The van der Waals surface area contributed by atoms with Crippen molar-refractivity contribution in [2.24, 2.45) is 0 Å². The fourth-order valence-electron chi connectivity index (χ4n) is 1.95. The van der Waals surface area contributed by atoms with Gasteiger partial charge in [-0.25, -0.2) is 0 Å². The number of carbonyl (C=O) groups is 1. The highest BCUT2D eigenvalue weighted by atomic mass is 35.5. The molecule has 1 unspecified atom stereocenters. The minimum Gasteiger partial charge on any atom is -0.479 e. The first kappa shape index (κ1) is 18.0. The molecule has 6 nitrogen and oxygen atoms in total. The number of hydrogen-bond donors (Lipinski definition) is 1. The molecule has 1 N–H and O–H groups in total. The summed E-state index contributed by atoms with van der Waals surface area (Å²) in [7, 11) is 0. The lowest BCUT2D eigenvalue weighted by molar-refractivity contribution is -0.384. The molecule has 24 heavy (non-hydrogen) atoms. The van der Waals surface area contributed by atoms with E-state index in [-0.39, 0.29) is 5.69 Å². The van der Waals surface area contributed by atoms with Gasteiger partial charge in [-0.05, 0) is 43.7 Å². The van der Waals surface area contributed by atoms with Gasteiger partial charge < -0.3 is 10.1 Å². The Bertz CT molecular complexity index is 796. The number of anilines is 1. The third-order valence-electron chi connectivity index (χ3n) is 3.25. The van der Waals surface area contributed by atoms with Crippen LogP contribution in [0.15, 0.2) is 36.4 Å². The van der Waals surface area contributed by atoms with Crippen LogP contribution in [0.3, 0.4) is 0 Å². The molecule has 0 aliphatic heterocycles. The van der Waals surface area contributed by atoms with Crippen molar-refractivity contribution >= 4 is 40.5 Å². The van der Waals surface area contributed by atoms with E-state index in [0.717, 1.165) is 0 Å². The molecule has 0 aliphatic rings. The summed E-state index contributed by atoms with van der Waals surface area (Å²) in [6.45, 7) is 3.24. The van der Waals surface area contributed by atoms with Crippen LogP contribution in [-0.2, 0) is 4.79 Å². The molecule has 0 heterocycles. The van der Waals surface area contributed by atoms with Crippen molar-refractivity contribution in [2.45, 2.75) is 20.0 Å². The number of nitrogens with one attached hydrogen (secondary N) is 1. The minimum atomic E-state index is -0.821. The summed E-state index contributed by atoms with van der Waals surface area (Å²) in [5, 5.41) is 14.2. The topological polar surface area (TPSA) is 81.5 Å². The molecule has 2 aromatic rings. The van der Waals surface area contributed by atoms with E-state index in [4.69, 9.17) is 27.9 Å². The first-order valence-corrected chi connectivity index (χ1v) is 7.71.